The second kappa shape index (κ2) is 6.16. The van der Waals surface area contributed by atoms with Crippen LogP contribution in [-0.2, 0) is 11.3 Å². The first-order valence-corrected chi connectivity index (χ1v) is 6.78. The quantitative estimate of drug-likeness (QED) is 0.818. The molecular weight excluding hydrogens is 381 g/mol. The molecule has 0 bridgehead atoms. The summed E-state index contributed by atoms with van der Waals surface area (Å²) in [5.41, 5.74) is 0.311. The molecule has 0 radical (unpaired) electrons. The largest absolute Gasteiger partial charge is 0.324 e. The van der Waals surface area contributed by atoms with Crippen molar-refractivity contribution in [1.29, 1.82) is 0 Å². The zero-order valence-corrected chi connectivity index (χ0v) is 12.6. The van der Waals surface area contributed by atoms with Crippen LogP contribution >= 0.6 is 34.2 Å². The molecule has 0 spiro atoms. The average molecular weight is 390 g/mol. The second-order valence-electron chi connectivity index (χ2n) is 3.72. The summed E-state index contributed by atoms with van der Waals surface area (Å²) in [4.78, 5) is 23.3. The molecule has 0 aliphatic carbocycles. The molecule has 0 aliphatic rings. The number of nitrogens with one attached hydrogen (secondary N) is 1. The minimum absolute atomic E-state index is 0.127. The molecule has 0 fully saturated rings. The number of rotatable bonds is 3. The number of amides is 1. The maximum absolute atomic E-state index is 11.8. The van der Waals surface area contributed by atoms with E-state index >= 15 is 0 Å². The number of carbonyl (C=O) groups excluding carboxylic acids is 1. The van der Waals surface area contributed by atoms with E-state index in [1.807, 2.05) is 22.6 Å². The van der Waals surface area contributed by atoms with E-state index in [2.05, 4.69) is 10.4 Å². The van der Waals surface area contributed by atoms with Crippen molar-refractivity contribution >= 4 is 45.8 Å². The Hall–Kier alpha value is -1.41. The maximum atomic E-state index is 11.8. The molecule has 1 amide bonds. The minimum atomic E-state index is -0.321. The lowest BCUT2D eigenvalue weighted by atomic mass is 10.3. The van der Waals surface area contributed by atoms with Crippen molar-refractivity contribution in [3.8, 4) is 0 Å². The van der Waals surface area contributed by atoms with Gasteiger partial charge in [0.15, 0.2) is 0 Å². The summed E-state index contributed by atoms with van der Waals surface area (Å²) >= 11 is 7.73. The molecule has 0 unspecified atom stereocenters. The number of aromatic nitrogens is 2. The summed E-state index contributed by atoms with van der Waals surface area (Å²) in [5.74, 6) is -0.321. The maximum Gasteiger partial charge on any atom is 0.268 e. The highest BCUT2D eigenvalue weighted by atomic mass is 127. The third-order valence-electron chi connectivity index (χ3n) is 2.26. The number of hydrogen-bond acceptors (Lipinski definition) is 3. The van der Waals surface area contributed by atoms with Crippen LogP contribution in [0.3, 0.4) is 0 Å². The van der Waals surface area contributed by atoms with E-state index < -0.39 is 0 Å². The van der Waals surface area contributed by atoms with Crippen LogP contribution in [0.2, 0.25) is 5.02 Å². The third kappa shape index (κ3) is 4.03. The van der Waals surface area contributed by atoms with E-state index in [9.17, 15) is 9.59 Å². The van der Waals surface area contributed by atoms with Gasteiger partial charge in [0.1, 0.15) is 6.54 Å². The smallest absolute Gasteiger partial charge is 0.268 e. The van der Waals surface area contributed by atoms with Gasteiger partial charge in [-0.05, 0) is 46.9 Å². The molecule has 19 heavy (non-hydrogen) atoms. The third-order valence-corrected chi connectivity index (χ3v) is 3.10. The highest BCUT2D eigenvalue weighted by Crippen LogP contribution is 2.13. The Balaban J connectivity index is 2.05. The molecule has 1 heterocycles. The van der Waals surface area contributed by atoms with Gasteiger partial charge in [-0.25, -0.2) is 4.68 Å². The van der Waals surface area contributed by atoms with Gasteiger partial charge < -0.3 is 5.32 Å². The molecule has 7 heteroatoms. The summed E-state index contributed by atoms with van der Waals surface area (Å²) in [7, 11) is 0. The summed E-state index contributed by atoms with van der Waals surface area (Å²) in [5, 5.41) is 7.14. The molecule has 2 aromatic rings. The molecule has 0 saturated heterocycles. The zero-order chi connectivity index (χ0) is 13.8. The van der Waals surface area contributed by atoms with Gasteiger partial charge in [-0.2, -0.15) is 5.10 Å². The summed E-state index contributed by atoms with van der Waals surface area (Å²) in [6, 6.07) is 8.14. The van der Waals surface area contributed by atoms with Crippen molar-refractivity contribution in [1.82, 2.24) is 9.78 Å². The molecule has 5 nitrogen and oxygen atoms in total. The fourth-order valence-electron chi connectivity index (χ4n) is 1.40. The predicted molar refractivity (Wildman–Crippen MR) is 81.3 cm³/mol. The van der Waals surface area contributed by atoms with Crippen LogP contribution in [0.4, 0.5) is 5.69 Å². The van der Waals surface area contributed by atoms with Crippen LogP contribution in [0.25, 0.3) is 0 Å². The van der Waals surface area contributed by atoms with E-state index in [-0.39, 0.29) is 18.0 Å². The van der Waals surface area contributed by atoms with Gasteiger partial charge in [0.05, 0.1) is 6.20 Å². The average Bonchev–Trinajstić information content (AvgIpc) is 2.36. The van der Waals surface area contributed by atoms with Gasteiger partial charge >= 0.3 is 0 Å². The fraction of sp³-hybridized carbons (Fsp3) is 0.0833. The Labute approximate surface area is 127 Å². The summed E-state index contributed by atoms with van der Waals surface area (Å²) in [6.45, 7) is -0.127. The topological polar surface area (TPSA) is 64.0 Å². The number of carbonyl (C=O) groups is 1. The van der Waals surface area contributed by atoms with Crippen molar-refractivity contribution < 1.29 is 4.79 Å². The lowest BCUT2D eigenvalue weighted by Crippen LogP contribution is -2.29. The molecule has 0 atom stereocenters. The van der Waals surface area contributed by atoms with Gasteiger partial charge in [0.2, 0.25) is 5.91 Å². The van der Waals surface area contributed by atoms with Gasteiger partial charge in [-0.15, -0.1) is 0 Å². The van der Waals surface area contributed by atoms with Crippen molar-refractivity contribution in [3.05, 3.63) is 55.5 Å². The first kappa shape index (κ1) is 14.0. The van der Waals surface area contributed by atoms with Crippen LogP contribution in [-0.4, -0.2) is 15.7 Å². The van der Waals surface area contributed by atoms with Crippen LogP contribution in [0.5, 0.6) is 0 Å². The van der Waals surface area contributed by atoms with Gasteiger partial charge in [0.25, 0.3) is 5.56 Å². The van der Waals surface area contributed by atoms with Gasteiger partial charge in [-0.1, -0.05) is 11.6 Å². The summed E-state index contributed by atoms with van der Waals surface area (Å²) < 4.78 is 1.84. The Kier molecular flexibility index (Phi) is 4.54. The van der Waals surface area contributed by atoms with Crippen LogP contribution in [0.1, 0.15) is 0 Å². The highest BCUT2D eigenvalue weighted by Gasteiger charge is 2.06. The van der Waals surface area contributed by atoms with Crippen molar-refractivity contribution in [2.45, 2.75) is 6.54 Å². The minimum Gasteiger partial charge on any atom is -0.324 e. The lowest BCUT2D eigenvalue weighted by Gasteiger charge is -2.06. The Morgan fingerprint density at radius 3 is 2.68 bits per heavy atom. The monoisotopic (exact) mass is 389 g/mol. The number of nitrogens with zero attached hydrogens (tertiary/aromatic N) is 2. The molecule has 1 N–H and O–H groups in total. The molecule has 1 aromatic heterocycles. The molecule has 0 aliphatic heterocycles. The van der Waals surface area contributed by atoms with Crippen LogP contribution in [0.15, 0.2) is 41.3 Å². The van der Waals surface area contributed by atoms with Crippen LogP contribution in [0, 0.1) is 3.57 Å². The normalized spacial score (nSPS) is 10.2. The summed E-state index contributed by atoms with van der Waals surface area (Å²) in [6.07, 6.45) is 1.53. The zero-order valence-electron chi connectivity index (χ0n) is 9.64. The van der Waals surface area contributed by atoms with Gasteiger partial charge in [-0.3, -0.25) is 9.59 Å². The van der Waals surface area contributed by atoms with E-state index in [4.69, 9.17) is 11.6 Å². The first-order valence-electron chi connectivity index (χ1n) is 5.33. The Morgan fingerprint density at radius 2 is 2.05 bits per heavy atom. The first-order chi connectivity index (χ1) is 9.04. The second-order valence-corrected chi connectivity index (χ2v) is 5.41. The SMILES string of the molecule is O=C(Cn1ncc(I)cc1=O)Nc1ccc(Cl)cc1. The lowest BCUT2D eigenvalue weighted by molar-refractivity contribution is -0.117. The van der Waals surface area contributed by atoms with Crippen molar-refractivity contribution in [2.24, 2.45) is 0 Å². The molecule has 1 aromatic carbocycles. The molecule has 2 rings (SSSR count). The Bertz CT molecular complexity index is 655. The van der Waals surface area contributed by atoms with E-state index in [1.165, 1.54) is 12.3 Å². The molecule has 0 saturated carbocycles. The highest BCUT2D eigenvalue weighted by molar-refractivity contribution is 14.1. The number of halogens is 2. The standard InChI is InChI=1S/C12H9ClIN3O2/c13-8-1-3-10(4-2-8)16-11(18)7-17-12(19)5-9(14)6-15-17/h1-6H,7H2,(H,16,18). The number of anilines is 1. The van der Waals surface area contributed by atoms with Crippen molar-refractivity contribution in [3.63, 3.8) is 0 Å². The fourth-order valence-corrected chi connectivity index (χ4v) is 1.92. The number of hydrogen-bond donors (Lipinski definition) is 1. The molecule has 98 valence electrons. The van der Waals surface area contributed by atoms with E-state index in [0.29, 0.717) is 10.7 Å². The van der Waals surface area contributed by atoms with Crippen molar-refractivity contribution in [2.75, 3.05) is 5.32 Å². The number of benzene rings is 1. The predicted octanol–water partition coefficient (Wildman–Crippen LogP) is 2.14. The van der Waals surface area contributed by atoms with Crippen LogP contribution < -0.4 is 10.9 Å². The van der Waals surface area contributed by atoms with E-state index in [1.54, 1.807) is 24.3 Å². The Morgan fingerprint density at radius 1 is 1.37 bits per heavy atom. The van der Waals surface area contributed by atoms with Gasteiger partial charge in [0, 0.05) is 20.3 Å². The molecular formula is C12H9ClIN3O2. The van der Waals surface area contributed by atoms with E-state index in [0.717, 1.165) is 8.25 Å².